The Balaban J connectivity index is 1.90. The smallest absolute Gasteiger partial charge is 0.280 e. The first-order chi connectivity index (χ1) is 15.3. The van der Waals surface area contributed by atoms with E-state index >= 15 is 0 Å². The van der Waals surface area contributed by atoms with Crippen molar-refractivity contribution in [3.63, 3.8) is 0 Å². The molecule has 1 aromatic carbocycles. The molecule has 2 aromatic heterocycles. The van der Waals surface area contributed by atoms with Crippen LogP contribution in [0.1, 0.15) is 67.0 Å². The molecule has 1 unspecified atom stereocenters. The Kier molecular flexibility index (Phi) is 6.32. The van der Waals surface area contributed by atoms with E-state index in [0.29, 0.717) is 5.69 Å². The van der Waals surface area contributed by atoms with Crippen molar-refractivity contribution in [2.45, 2.75) is 58.0 Å². The lowest BCUT2D eigenvalue weighted by Crippen LogP contribution is -2.50. The molecular formula is C24H27N5O2S. The van der Waals surface area contributed by atoms with E-state index in [1.54, 1.807) is 28.6 Å². The van der Waals surface area contributed by atoms with E-state index in [9.17, 15) is 9.59 Å². The molecule has 0 saturated carbocycles. The number of nitrogens with zero attached hydrogens (tertiary/aromatic N) is 4. The lowest BCUT2D eigenvalue weighted by Gasteiger charge is -2.35. The summed E-state index contributed by atoms with van der Waals surface area (Å²) in [5.41, 5.74) is 3.31. The Morgan fingerprint density at radius 2 is 1.91 bits per heavy atom. The normalized spacial score (nSPS) is 14.3. The molecule has 2 amide bonds. The molecule has 7 nitrogen and oxygen atoms in total. The van der Waals surface area contributed by atoms with Crippen LogP contribution in [0.15, 0.2) is 48.0 Å². The number of hydrogen-bond donors (Lipinski definition) is 1. The van der Waals surface area contributed by atoms with Crippen molar-refractivity contribution >= 4 is 29.0 Å². The van der Waals surface area contributed by atoms with Gasteiger partial charge in [0.1, 0.15) is 0 Å². The molecule has 0 bridgehead atoms. The molecule has 1 aliphatic rings. The van der Waals surface area contributed by atoms with Crippen molar-refractivity contribution in [1.29, 1.82) is 0 Å². The molecular weight excluding hydrogens is 422 g/mol. The van der Waals surface area contributed by atoms with Crippen LogP contribution in [-0.4, -0.2) is 31.9 Å². The summed E-state index contributed by atoms with van der Waals surface area (Å²) in [7, 11) is 0. The first-order valence-corrected chi connectivity index (χ1v) is 11.6. The number of carbonyl (C=O) groups is 2. The van der Waals surface area contributed by atoms with Crippen LogP contribution in [0.3, 0.4) is 0 Å². The summed E-state index contributed by atoms with van der Waals surface area (Å²) in [6.07, 6.45) is 5.63. The fourth-order valence-electron chi connectivity index (χ4n) is 4.09. The van der Waals surface area contributed by atoms with Gasteiger partial charge in [0.2, 0.25) is 5.91 Å². The zero-order valence-electron chi connectivity index (χ0n) is 18.5. The molecule has 8 heteroatoms. The fourth-order valence-corrected chi connectivity index (χ4v) is 4.52. The number of aromatic nitrogens is 3. The summed E-state index contributed by atoms with van der Waals surface area (Å²) in [5.74, 6) is -0.654. The van der Waals surface area contributed by atoms with Gasteiger partial charge in [-0.3, -0.25) is 19.5 Å². The van der Waals surface area contributed by atoms with Crippen LogP contribution >= 0.6 is 11.5 Å². The molecule has 2 heterocycles. The Hall–Kier alpha value is -3.13. The molecule has 4 rings (SSSR count). The van der Waals surface area contributed by atoms with Gasteiger partial charge in [-0.2, -0.15) is 0 Å². The van der Waals surface area contributed by atoms with Crippen molar-refractivity contribution in [2.75, 3.05) is 4.90 Å². The second-order valence-electron chi connectivity index (χ2n) is 8.98. The second kappa shape index (κ2) is 9.16. The summed E-state index contributed by atoms with van der Waals surface area (Å²) in [4.78, 5) is 33.5. The number of carbonyl (C=O) groups excluding carboxylic acids is 2. The maximum Gasteiger partial charge on any atom is 0.280 e. The highest BCUT2D eigenvalue weighted by Crippen LogP contribution is 2.36. The second-order valence-corrected chi connectivity index (χ2v) is 9.59. The van der Waals surface area contributed by atoms with Gasteiger partial charge >= 0.3 is 0 Å². The predicted molar refractivity (Wildman–Crippen MR) is 125 cm³/mol. The van der Waals surface area contributed by atoms with Crippen LogP contribution in [0.5, 0.6) is 0 Å². The van der Waals surface area contributed by atoms with Gasteiger partial charge in [0.15, 0.2) is 11.7 Å². The first-order valence-electron chi connectivity index (χ1n) is 10.8. The van der Waals surface area contributed by atoms with Gasteiger partial charge in [0.25, 0.3) is 5.91 Å². The minimum absolute atomic E-state index is 0.216. The fraction of sp³-hybridized carbons (Fsp3) is 0.375. The average Bonchev–Trinajstić information content (AvgIpc) is 3.31. The molecule has 0 saturated heterocycles. The van der Waals surface area contributed by atoms with Gasteiger partial charge in [0, 0.05) is 22.8 Å². The number of amides is 2. The monoisotopic (exact) mass is 449 g/mol. The SMILES string of the molecule is CC(C)(C)NC(=O)C(c1ccccn1)N(C(=O)c1csnn1)c1cccc2c1CCCC2. The third-order valence-corrected chi connectivity index (χ3v) is 5.91. The zero-order valence-corrected chi connectivity index (χ0v) is 19.4. The van der Waals surface area contributed by atoms with E-state index in [1.165, 1.54) is 5.56 Å². The van der Waals surface area contributed by atoms with E-state index in [2.05, 4.69) is 26.0 Å². The van der Waals surface area contributed by atoms with Crippen LogP contribution < -0.4 is 10.2 Å². The molecule has 3 aromatic rings. The summed E-state index contributed by atoms with van der Waals surface area (Å²) < 4.78 is 3.87. The maximum atomic E-state index is 13.8. The van der Waals surface area contributed by atoms with Gasteiger partial charge < -0.3 is 5.32 Å². The highest BCUT2D eigenvalue weighted by molar-refractivity contribution is 7.03. The van der Waals surface area contributed by atoms with Crippen molar-refractivity contribution < 1.29 is 9.59 Å². The zero-order chi connectivity index (χ0) is 22.7. The molecule has 166 valence electrons. The Morgan fingerprint density at radius 1 is 1.09 bits per heavy atom. The number of hydrogen-bond acceptors (Lipinski definition) is 6. The van der Waals surface area contributed by atoms with E-state index < -0.39 is 11.6 Å². The Morgan fingerprint density at radius 3 is 2.59 bits per heavy atom. The van der Waals surface area contributed by atoms with E-state index in [0.717, 1.165) is 48.5 Å². The van der Waals surface area contributed by atoms with Crippen molar-refractivity contribution in [2.24, 2.45) is 0 Å². The van der Waals surface area contributed by atoms with Gasteiger partial charge in [0.05, 0.1) is 5.69 Å². The largest absolute Gasteiger partial charge is 0.349 e. The number of benzene rings is 1. The summed E-state index contributed by atoms with van der Waals surface area (Å²) >= 11 is 1.11. The average molecular weight is 450 g/mol. The Labute approximate surface area is 192 Å². The highest BCUT2D eigenvalue weighted by Gasteiger charge is 2.38. The summed E-state index contributed by atoms with van der Waals surface area (Å²) in [6.45, 7) is 5.75. The molecule has 1 atom stereocenters. The molecule has 0 fully saturated rings. The van der Waals surface area contributed by atoms with E-state index in [-0.39, 0.29) is 17.5 Å². The number of anilines is 1. The van der Waals surface area contributed by atoms with Crippen molar-refractivity contribution in [3.8, 4) is 0 Å². The minimum Gasteiger partial charge on any atom is -0.349 e. The van der Waals surface area contributed by atoms with Gasteiger partial charge in [-0.1, -0.05) is 22.7 Å². The standard InChI is InChI=1S/C24H27N5O2S/c1-24(2,3)26-22(30)21(18-12-6-7-14-25-18)29(23(31)19-15-32-28-27-19)20-13-8-10-16-9-4-5-11-17(16)20/h6-8,10,12-15,21H,4-5,9,11H2,1-3H3,(H,26,30). The lowest BCUT2D eigenvalue weighted by atomic mass is 9.89. The number of fused-ring (bicyclic) bond motifs is 1. The van der Waals surface area contributed by atoms with Crippen molar-refractivity contribution in [3.05, 3.63) is 70.5 Å². The maximum absolute atomic E-state index is 13.8. The third-order valence-electron chi connectivity index (χ3n) is 5.40. The lowest BCUT2D eigenvalue weighted by molar-refractivity contribution is -0.124. The van der Waals surface area contributed by atoms with Crippen LogP contribution in [0, 0.1) is 0 Å². The van der Waals surface area contributed by atoms with Gasteiger partial charge in [-0.25, -0.2) is 0 Å². The molecule has 1 N–H and O–H groups in total. The molecule has 1 aliphatic carbocycles. The van der Waals surface area contributed by atoms with Crippen LogP contribution in [0.4, 0.5) is 5.69 Å². The number of pyridine rings is 1. The predicted octanol–water partition coefficient (Wildman–Crippen LogP) is 4.11. The van der Waals surface area contributed by atoms with Crippen LogP contribution in [0.2, 0.25) is 0 Å². The van der Waals surface area contributed by atoms with Gasteiger partial charge in [-0.05, 0) is 87.3 Å². The first kappa shape index (κ1) is 22.1. The Bertz CT molecular complexity index is 1090. The molecule has 0 radical (unpaired) electrons. The molecule has 32 heavy (non-hydrogen) atoms. The highest BCUT2D eigenvalue weighted by atomic mass is 32.1. The van der Waals surface area contributed by atoms with Crippen molar-refractivity contribution in [1.82, 2.24) is 19.9 Å². The van der Waals surface area contributed by atoms with Crippen LogP contribution in [-0.2, 0) is 17.6 Å². The van der Waals surface area contributed by atoms with E-state index in [1.807, 2.05) is 39.0 Å². The molecule has 0 aliphatic heterocycles. The topological polar surface area (TPSA) is 88.1 Å². The summed E-state index contributed by atoms with van der Waals surface area (Å²) in [5, 5.41) is 8.66. The van der Waals surface area contributed by atoms with E-state index in [4.69, 9.17) is 0 Å². The number of rotatable bonds is 5. The molecule has 0 spiro atoms. The van der Waals surface area contributed by atoms with Gasteiger partial charge in [-0.15, -0.1) is 5.10 Å². The minimum atomic E-state index is -0.946. The summed E-state index contributed by atoms with van der Waals surface area (Å²) in [6, 6.07) is 10.4. The quantitative estimate of drug-likeness (QED) is 0.633. The third kappa shape index (κ3) is 4.70. The number of nitrogens with one attached hydrogen (secondary N) is 1. The van der Waals surface area contributed by atoms with Crippen LogP contribution in [0.25, 0.3) is 0 Å². The number of aryl methyl sites for hydroxylation is 1.